The van der Waals surface area contributed by atoms with Gasteiger partial charge in [0.1, 0.15) is 18.2 Å². The van der Waals surface area contributed by atoms with E-state index in [0.29, 0.717) is 5.56 Å². The van der Waals surface area contributed by atoms with E-state index >= 15 is 0 Å². The molecule has 6 rings (SSSR count). The zero-order valence-electron chi connectivity index (χ0n) is 23.5. The van der Waals surface area contributed by atoms with Crippen molar-refractivity contribution in [1.29, 1.82) is 0 Å². The number of fused-ring (bicyclic) bond motifs is 5. The van der Waals surface area contributed by atoms with Crippen molar-refractivity contribution in [3.05, 3.63) is 102 Å². The Hall–Kier alpha value is -3.91. The van der Waals surface area contributed by atoms with Gasteiger partial charge in [-0.2, -0.15) is 0 Å². The highest BCUT2D eigenvalue weighted by atomic mass is 16.3. The third kappa shape index (κ3) is 3.87. The molecule has 0 aliphatic carbocycles. The van der Waals surface area contributed by atoms with E-state index in [0.717, 1.165) is 55.3 Å². The number of nitrogens with zero attached hydrogens (tertiary/aromatic N) is 1. The molecule has 36 heavy (non-hydrogen) atoms. The van der Waals surface area contributed by atoms with Gasteiger partial charge < -0.3 is 4.42 Å². The summed E-state index contributed by atoms with van der Waals surface area (Å²) >= 11 is 0. The largest absolute Gasteiger partial charge is 0.454 e. The lowest BCUT2D eigenvalue weighted by Crippen LogP contribution is -2.31. The van der Waals surface area contributed by atoms with E-state index in [1.807, 2.05) is 45.0 Å². The van der Waals surface area contributed by atoms with Gasteiger partial charge in [0.15, 0.2) is 6.20 Å². The van der Waals surface area contributed by atoms with Crippen molar-refractivity contribution in [2.24, 2.45) is 12.5 Å². The van der Waals surface area contributed by atoms with Crippen LogP contribution in [0.15, 0.2) is 95.5 Å². The van der Waals surface area contributed by atoms with Crippen LogP contribution in [0.2, 0.25) is 0 Å². The molecule has 0 atom stereocenters. The Morgan fingerprint density at radius 2 is 1.44 bits per heavy atom. The monoisotopic (exact) mass is 472 g/mol. The predicted octanol–water partition coefficient (Wildman–Crippen LogP) is 8.79. The first-order chi connectivity index (χ1) is 18.1. The lowest BCUT2D eigenvalue weighted by molar-refractivity contribution is -0.659. The first kappa shape index (κ1) is 20.3. The Morgan fingerprint density at radius 3 is 2.19 bits per heavy atom. The van der Waals surface area contributed by atoms with Gasteiger partial charge in [0, 0.05) is 30.5 Å². The van der Waals surface area contributed by atoms with Crippen LogP contribution in [0.3, 0.4) is 0 Å². The van der Waals surface area contributed by atoms with Gasteiger partial charge in [-0.15, -0.1) is 0 Å². The number of aryl methyl sites for hydroxylation is 2. The molecule has 0 radical (unpaired) electrons. The summed E-state index contributed by atoms with van der Waals surface area (Å²) in [5, 5.41) is 4.56. The number of aromatic nitrogens is 1. The fourth-order valence-electron chi connectivity index (χ4n) is 5.20. The standard InChI is InChI=1S/C34H32NO/c1-22-10-17-29-28-18-15-25-8-6-7-9-27(25)32(28)36-33(29)31(22)30-19-16-26(21-35(30)5)24-13-11-23(12-14-24)20-34(2,3)4/h6-19,21H,20H2,1-5H3/q+1/i20D2. The highest BCUT2D eigenvalue weighted by Gasteiger charge is 2.22. The first-order valence-corrected chi connectivity index (χ1v) is 12.5. The van der Waals surface area contributed by atoms with E-state index in [-0.39, 0.29) is 0 Å². The SMILES string of the molecule is [2H]C([2H])(c1ccc(-c2ccc(-c3c(C)ccc4c3oc3c5ccccc5ccc43)[n+](C)c2)cc1)C(C)(C)C. The van der Waals surface area contributed by atoms with Crippen LogP contribution >= 0.6 is 0 Å². The van der Waals surface area contributed by atoms with Gasteiger partial charge in [0.25, 0.3) is 0 Å². The van der Waals surface area contributed by atoms with Gasteiger partial charge >= 0.3 is 0 Å². The van der Waals surface area contributed by atoms with E-state index in [1.54, 1.807) is 0 Å². The molecule has 0 N–H and O–H groups in total. The average Bonchev–Trinajstić information content (AvgIpc) is 3.27. The maximum atomic E-state index is 8.58. The summed E-state index contributed by atoms with van der Waals surface area (Å²) in [5.74, 6) is 0. The average molecular weight is 473 g/mol. The minimum atomic E-state index is -1.41. The predicted molar refractivity (Wildman–Crippen MR) is 151 cm³/mol. The summed E-state index contributed by atoms with van der Waals surface area (Å²) in [7, 11) is 2.07. The topological polar surface area (TPSA) is 17.0 Å². The second-order valence-corrected chi connectivity index (χ2v) is 10.8. The van der Waals surface area contributed by atoms with E-state index in [9.17, 15) is 0 Å². The molecule has 2 nitrogen and oxygen atoms in total. The number of hydrogen-bond donors (Lipinski definition) is 0. The summed E-state index contributed by atoms with van der Waals surface area (Å²) in [5.41, 5.74) is 7.56. The maximum absolute atomic E-state index is 8.58. The lowest BCUT2D eigenvalue weighted by atomic mass is 9.88. The number of rotatable bonds is 3. The van der Waals surface area contributed by atoms with Gasteiger partial charge in [0.2, 0.25) is 5.69 Å². The number of hydrogen-bond acceptors (Lipinski definition) is 1. The second-order valence-electron chi connectivity index (χ2n) is 10.8. The normalized spacial score (nSPS) is 13.4. The van der Waals surface area contributed by atoms with Crippen molar-refractivity contribution in [3.63, 3.8) is 0 Å². The van der Waals surface area contributed by atoms with Crippen LogP contribution in [0.5, 0.6) is 0 Å². The smallest absolute Gasteiger partial charge is 0.216 e. The zero-order chi connectivity index (χ0) is 26.8. The van der Waals surface area contributed by atoms with Crippen molar-refractivity contribution in [2.45, 2.75) is 34.1 Å². The van der Waals surface area contributed by atoms with Crippen molar-refractivity contribution in [2.75, 3.05) is 0 Å². The third-order valence-electron chi connectivity index (χ3n) is 6.87. The molecule has 2 aromatic heterocycles. The van der Waals surface area contributed by atoms with Crippen LogP contribution in [0, 0.1) is 12.3 Å². The first-order valence-electron chi connectivity index (χ1n) is 13.5. The van der Waals surface area contributed by atoms with Crippen LogP contribution in [0.4, 0.5) is 0 Å². The Balaban J connectivity index is 1.45. The molecular formula is C34H32NO+. The Morgan fingerprint density at radius 1 is 0.750 bits per heavy atom. The minimum Gasteiger partial charge on any atom is -0.454 e. The lowest BCUT2D eigenvalue weighted by Gasteiger charge is -2.18. The summed E-state index contributed by atoms with van der Waals surface area (Å²) in [4.78, 5) is 0. The van der Waals surface area contributed by atoms with Crippen LogP contribution in [-0.4, -0.2) is 0 Å². The molecule has 0 unspecified atom stereocenters. The molecule has 0 fully saturated rings. The summed E-state index contributed by atoms with van der Waals surface area (Å²) < 4.78 is 25.9. The van der Waals surface area contributed by atoms with Gasteiger partial charge in [0.05, 0.1) is 5.56 Å². The van der Waals surface area contributed by atoms with E-state index in [1.165, 1.54) is 5.39 Å². The third-order valence-corrected chi connectivity index (χ3v) is 6.87. The molecule has 0 saturated heterocycles. The Bertz CT molecular complexity index is 1840. The maximum Gasteiger partial charge on any atom is 0.216 e. The Labute approximate surface area is 215 Å². The zero-order valence-corrected chi connectivity index (χ0v) is 21.5. The van der Waals surface area contributed by atoms with Crippen LogP contribution in [0.1, 0.15) is 34.6 Å². The molecule has 0 bridgehead atoms. The summed E-state index contributed by atoms with van der Waals surface area (Å²) in [6.45, 7) is 7.95. The molecule has 0 amide bonds. The Kier molecular flexibility index (Phi) is 4.70. The van der Waals surface area contributed by atoms with Crippen LogP contribution < -0.4 is 4.57 Å². The highest BCUT2D eigenvalue weighted by molar-refractivity contribution is 6.17. The molecule has 2 heterocycles. The van der Waals surface area contributed by atoms with Gasteiger partial charge in [-0.1, -0.05) is 87.5 Å². The fourth-order valence-corrected chi connectivity index (χ4v) is 5.20. The minimum absolute atomic E-state index is 0.482. The highest BCUT2D eigenvalue weighted by Crippen LogP contribution is 2.39. The van der Waals surface area contributed by atoms with E-state index < -0.39 is 11.8 Å². The molecule has 0 spiro atoms. The summed E-state index contributed by atoms with van der Waals surface area (Å²) in [6, 6.07) is 29.2. The second kappa shape index (κ2) is 8.34. The van der Waals surface area contributed by atoms with Gasteiger partial charge in [-0.25, -0.2) is 4.57 Å². The van der Waals surface area contributed by atoms with Crippen molar-refractivity contribution in [3.8, 4) is 22.4 Å². The summed E-state index contributed by atoms with van der Waals surface area (Å²) in [6.07, 6.45) is 0.729. The van der Waals surface area contributed by atoms with Crippen molar-refractivity contribution >= 4 is 32.7 Å². The van der Waals surface area contributed by atoms with Gasteiger partial charge in [-0.05, 0) is 52.9 Å². The molecule has 178 valence electrons. The molecule has 0 aliphatic rings. The number of pyridine rings is 1. The van der Waals surface area contributed by atoms with E-state index in [4.69, 9.17) is 7.16 Å². The molecule has 0 aliphatic heterocycles. The fraction of sp³-hybridized carbons (Fsp3) is 0.206. The van der Waals surface area contributed by atoms with Crippen molar-refractivity contribution < 1.29 is 11.7 Å². The van der Waals surface area contributed by atoms with Gasteiger partial charge in [-0.3, -0.25) is 0 Å². The molecule has 2 heteroatoms. The number of benzene rings is 4. The molecule has 4 aromatic carbocycles. The van der Waals surface area contributed by atoms with Crippen LogP contribution in [-0.2, 0) is 13.4 Å². The molecule has 0 saturated carbocycles. The van der Waals surface area contributed by atoms with Crippen LogP contribution in [0.25, 0.3) is 55.1 Å². The van der Waals surface area contributed by atoms with E-state index in [2.05, 4.69) is 85.4 Å². The quantitative estimate of drug-likeness (QED) is 0.235. The number of furan rings is 1. The molecule has 6 aromatic rings. The molecular weight excluding hydrogens is 438 g/mol. The van der Waals surface area contributed by atoms with Crippen molar-refractivity contribution in [1.82, 2.24) is 0 Å².